The maximum absolute atomic E-state index is 10.3. The molecular formula is C18H23NO. The van der Waals surface area contributed by atoms with Crippen molar-refractivity contribution in [1.82, 2.24) is 5.06 Å². The van der Waals surface area contributed by atoms with E-state index in [4.69, 9.17) is 0 Å². The van der Waals surface area contributed by atoms with Crippen molar-refractivity contribution in [2.45, 2.75) is 38.8 Å². The van der Waals surface area contributed by atoms with Gasteiger partial charge in [0.2, 0.25) is 0 Å². The lowest BCUT2D eigenvalue weighted by Crippen LogP contribution is -2.39. The molecule has 0 aliphatic rings. The predicted octanol–water partition coefficient (Wildman–Crippen LogP) is 3.94. The molecule has 0 heterocycles. The summed E-state index contributed by atoms with van der Waals surface area (Å²) in [6.45, 7) is 4.13. The average molecular weight is 269 g/mol. The zero-order valence-electron chi connectivity index (χ0n) is 12.2. The van der Waals surface area contributed by atoms with E-state index < -0.39 is 0 Å². The van der Waals surface area contributed by atoms with Gasteiger partial charge in [-0.25, -0.2) is 0 Å². The largest absolute Gasteiger partial charge is 0.313 e. The number of benzene rings is 2. The highest BCUT2D eigenvalue weighted by Crippen LogP contribution is 2.13. The van der Waals surface area contributed by atoms with Gasteiger partial charge in [0, 0.05) is 12.1 Å². The van der Waals surface area contributed by atoms with E-state index in [0.717, 1.165) is 12.8 Å². The summed E-state index contributed by atoms with van der Waals surface area (Å²) in [6.07, 6.45) is 1.72. The third kappa shape index (κ3) is 4.19. The average Bonchev–Trinajstić information content (AvgIpc) is 2.48. The number of hydrogen-bond donors (Lipinski definition) is 1. The standard InChI is InChI=1S/C18H23NO/c1-15(13-17-9-5-3-6-10-17)19(20)16(2)14-18-11-7-4-8-12-18/h3-12,15-16,20H,13-14H2,1-2H3/t15-,16-/m0/s1. The first-order valence-electron chi connectivity index (χ1n) is 7.22. The fourth-order valence-electron chi connectivity index (χ4n) is 2.53. The molecular weight excluding hydrogens is 246 g/mol. The molecule has 0 aliphatic carbocycles. The molecule has 2 rings (SSSR count). The molecule has 0 spiro atoms. The molecule has 0 amide bonds. The molecule has 0 aliphatic heterocycles. The third-order valence-corrected chi connectivity index (χ3v) is 3.65. The lowest BCUT2D eigenvalue weighted by Gasteiger charge is -2.28. The van der Waals surface area contributed by atoms with Gasteiger partial charge in [-0.15, -0.1) is 0 Å². The van der Waals surface area contributed by atoms with E-state index in [1.807, 2.05) is 36.4 Å². The Morgan fingerprint density at radius 2 is 1.10 bits per heavy atom. The van der Waals surface area contributed by atoms with E-state index in [2.05, 4.69) is 38.1 Å². The van der Waals surface area contributed by atoms with E-state index in [-0.39, 0.29) is 12.1 Å². The second-order valence-corrected chi connectivity index (χ2v) is 5.46. The van der Waals surface area contributed by atoms with Crippen molar-refractivity contribution in [3.8, 4) is 0 Å². The Morgan fingerprint density at radius 3 is 1.45 bits per heavy atom. The van der Waals surface area contributed by atoms with Crippen LogP contribution in [-0.4, -0.2) is 22.4 Å². The summed E-state index contributed by atoms with van der Waals surface area (Å²) in [4.78, 5) is 0. The quantitative estimate of drug-likeness (QED) is 0.803. The fraction of sp³-hybridized carbons (Fsp3) is 0.333. The Hall–Kier alpha value is -1.64. The normalized spacial score (nSPS) is 14.2. The van der Waals surface area contributed by atoms with Crippen LogP contribution in [0.2, 0.25) is 0 Å². The topological polar surface area (TPSA) is 23.5 Å². The summed E-state index contributed by atoms with van der Waals surface area (Å²) in [7, 11) is 0. The SMILES string of the molecule is C[C@@H](Cc1ccccc1)N(O)[C@@H](C)Cc1ccccc1. The second-order valence-electron chi connectivity index (χ2n) is 5.46. The molecule has 20 heavy (non-hydrogen) atoms. The molecule has 106 valence electrons. The lowest BCUT2D eigenvalue weighted by molar-refractivity contribution is -0.150. The van der Waals surface area contributed by atoms with Crippen molar-refractivity contribution >= 4 is 0 Å². The minimum Gasteiger partial charge on any atom is -0.313 e. The highest BCUT2D eigenvalue weighted by molar-refractivity contribution is 5.17. The first-order valence-corrected chi connectivity index (χ1v) is 7.22. The molecule has 0 saturated carbocycles. The molecule has 1 N–H and O–H groups in total. The van der Waals surface area contributed by atoms with E-state index in [9.17, 15) is 5.21 Å². The van der Waals surface area contributed by atoms with Gasteiger partial charge in [-0.1, -0.05) is 60.7 Å². The van der Waals surface area contributed by atoms with Gasteiger partial charge in [0.05, 0.1) is 0 Å². The number of nitrogens with zero attached hydrogens (tertiary/aromatic N) is 1. The van der Waals surface area contributed by atoms with Crippen molar-refractivity contribution in [2.75, 3.05) is 0 Å². The lowest BCUT2D eigenvalue weighted by atomic mass is 10.0. The van der Waals surface area contributed by atoms with Crippen molar-refractivity contribution < 1.29 is 5.21 Å². The van der Waals surface area contributed by atoms with Gasteiger partial charge in [-0.2, -0.15) is 5.06 Å². The summed E-state index contributed by atoms with van der Waals surface area (Å²) in [5, 5.41) is 11.8. The molecule has 2 heteroatoms. The first kappa shape index (κ1) is 14.8. The maximum Gasteiger partial charge on any atom is 0.0365 e. The van der Waals surface area contributed by atoms with Crippen LogP contribution in [0.4, 0.5) is 0 Å². The summed E-state index contributed by atoms with van der Waals surface area (Å²) in [5.74, 6) is 0. The Labute approximate surface area is 121 Å². The number of hydroxylamine groups is 2. The summed E-state index contributed by atoms with van der Waals surface area (Å²) in [6, 6.07) is 20.8. The second kappa shape index (κ2) is 7.22. The van der Waals surface area contributed by atoms with E-state index in [1.54, 1.807) is 0 Å². The van der Waals surface area contributed by atoms with Crippen LogP contribution in [0, 0.1) is 0 Å². The third-order valence-electron chi connectivity index (χ3n) is 3.65. The zero-order chi connectivity index (χ0) is 14.4. The molecule has 0 radical (unpaired) electrons. The minimum atomic E-state index is 0.108. The Balaban J connectivity index is 1.91. The van der Waals surface area contributed by atoms with Crippen LogP contribution < -0.4 is 0 Å². The number of rotatable bonds is 6. The van der Waals surface area contributed by atoms with Crippen molar-refractivity contribution in [1.29, 1.82) is 0 Å². The van der Waals surface area contributed by atoms with Gasteiger partial charge >= 0.3 is 0 Å². The highest BCUT2D eigenvalue weighted by atomic mass is 16.5. The zero-order valence-corrected chi connectivity index (χ0v) is 12.2. The van der Waals surface area contributed by atoms with E-state index in [1.165, 1.54) is 16.2 Å². The van der Waals surface area contributed by atoms with Crippen LogP contribution >= 0.6 is 0 Å². The Bertz CT molecular complexity index is 450. The van der Waals surface area contributed by atoms with Gasteiger partial charge in [0.25, 0.3) is 0 Å². The van der Waals surface area contributed by atoms with Gasteiger partial charge in [-0.3, -0.25) is 0 Å². The van der Waals surface area contributed by atoms with Crippen LogP contribution in [0.1, 0.15) is 25.0 Å². The van der Waals surface area contributed by atoms with Gasteiger partial charge in [0.1, 0.15) is 0 Å². The Morgan fingerprint density at radius 1 is 0.750 bits per heavy atom. The molecule has 0 bridgehead atoms. The van der Waals surface area contributed by atoms with Crippen LogP contribution in [0.5, 0.6) is 0 Å². The first-order chi connectivity index (χ1) is 9.66. The van der Waals surface area contributed by atoms with Crippen molar-refractivity contribution in [2.24, 2.45) is 0 Å². The summed E-state index contributed by atoms with van der Waals surface area (Å²) in [5.41, 5.74) is 2.51. The van der Waals surface area contributed by atoms with Gasteiger partial charge in [0.15, 0.2) is 0 Å². The number of hydrogen-bond acceptors (Lipinski definition) is 2. The predicted molar refractivity (Wildman–Crippen MR) is 82.8 cm³/mol. The van der Waals surface area contributed by atoms with Gasteiger partial charge in [-0.05, 0) is 37.8 Å². The molecule has 0 unspecified atom stereocenters. The summed E-state index contributed by atoms with van der Waals surface area (Å²) >= 11 is 0. The Kier molecular flexibility index (Phi) is 5.33. The van der Waals surface area contributed by atoms with Crippen molar-refractivity contribution in [3.63, 3.8) is 0 Å². The van der Waals surface area contributed by atoms with E-state index in [0.29, 0.717) is 0 Å². The van der Waals surface area contributed by atoms with Crippen LogP contribution in [-0.2, 0) is 12.8 Å². The molecule has 2 aromatic rings. The monoisotopic (exact) mass is 269 g/mol. The smallest absolute Gasteiger partial charge is 0.0365 e. The van der Waals surface area contributed by atoms with Crippen molar-refractivity contribution in [3.05, 3.63) is 71.8 Å². The molecule has 2 nitrogen and oxygen atoms in total. The molecule has 0 fully saturated rings. The highest BCUT2D eigenvalue weighted by Gasteiger charge is 2.18. The molecule has 0 aromatic heterocycles. The van der Waals surface area contributed by atoms with Gasteiger partial charge < -0.3 is 5.21 Å². The van der Waals surface area contributed by atoms with Crippen LogP contribution in [0.15, 0.2) is 60.7 Å². The maximum atomic E-state index is 10.3. The fourth-order valence-corrected chi connectivity index (χ4v) is 2.53. The summed E-state index contributed by atoms with van der Waals surface area (Å²) < 4.78 is 0. The molecule has 0 saturated heterocycles. The van der Waals surface area contributed by atoms with E-state index >= 15 is 0 Å². The molecule has 2 atom stereocenters. The van der Waals surface area contributed by atoms with Crippen LogP contribution in [0.25, 0.3) is 0 Å². The van der Waals surface area contributed by atoms with Crippen LogP contribution in [0.3, 0.4) is 0 Å². The molecule has 2 aromatic carbocycles. The minimum absolute atomic E-state index is 0.108.